The van der Waals surface area contributed by atoms with E-state index in [1.54, 1.807) is 0 Å². The number of aryl methyl sites for hydroxylation is 1. The quantitative estimate of drug-likeness (QED) is 0.733. The molecule has 0 saturated carbocycles. The van der Waals surface area contributed by atoms with Gasteiger partial charge < -0.3 is 4.52 Å². The molecule has 3 nitrogen and oxygen atoms in total. The van der Waals surface area contributed by atoms with Gasteiger partial charge in [0.05, 0.1) is 5.92 Å². The minimum atomic E-state index is -2.06. The molecule has 0 spiro atoms. The Bertz CT molecular complexity index is 596. The topological polar surface area (TPSA) is 38.9 Å². The van der Waals surface area contributed by atoms with Crippen LogP contribution in [0.15, 0.2) is 40.0 Å². The lowest BCUT2D eigenvalue weighted by Crippen LogP contribution is -2.10. The van der Waals surface area contributed by atoms with Gasteiger partial charge in [0.15, 0.2) is 5.82 Å². The predicted molar refractivity (Wildman–Crippen MR) is 65.6 cm³/mol. The summed E-state index contributed by atoms with van der Waals surface area (Å²) in [5.41, 5.74) is 2.64. The normalized spacial score (nSPS) is 26.4. The van der Waals surface area contributed by atoms with Crippen molar-refractivity contribution in [3.63, 3.8) is 0 Å². The van der Waals surface area contributed by atoms with Crippen LogP contribution in [0, 0.1) is 0 Å². The van der Waals surface area contributed by atoms with Crippen LogP contribution in [0.3, 0.4) is 0 Å². The van der Waals surface area contributed by atoms with E-state index in [0.717, 1.165) is 19.3 Å². The Morgan fingerprint density at radius 2 is 2.35 bits per heavy atom. The van der Waals surface area contributed by atoms with Gasteiger partial charge in [-0.3, -0.25) is 0 Å². The molecule has 0 radical (unpaired) electrons. The van der Waals surface area contributed by atoms with Gasteiger partial charge in [-0.2, -0.15) is 4.98 Å². The van der Waals surface area contributed by atoms with E-state index in [4.69, 9.17) is 8.64 Å². The first-order chi connectivity index (χ1) is 9.53. The first kappa shape index (κ1) is 7.64. The van der Waals surface area contributed by atoms with Crippen LogP contribution >= 0.6 is 0 Å². The summed E-state index contributed by atoms with van der Waals surface area (Å²) in [7, 11) is 0. The van der Waals surface area contributed by atoms with Gasteiger partial charge in [0, 0.05) is 10.5 Å². The molecule has 1 aromatic rings. The number of aromatic nitrogens is 2. The minimum Gasteiger partial charge on any atom is -0.339 e. The summed E-state index contributed by atoms with van der Waals surface area (Å²) in [6.45, 7) is -2.06. The average molecular weight is 231 g/mol. The van der Waals surface area contributed by atoms with Crippen molar-refractivity contribution in [3.05, 3.63) is 47.2 Å². The van der Waals surface area contributed by atoms with Crippen LogP contribution in [0.4, 0.5) is 0 Å². The van der Waals surface area contributed by atoms with Crippen LogP contribution in [0.2, 0.25) is 0 Å². The van der Waals surface area contributed by atoms with Gasteiger partial charge in [0.1, 0.15) is 0 Å². The third-order valence-electron chi connectivity index (χ3n) is 3.31. The SMILES string of the molecule is [2H]C([2H])([2H])Cc1noc(C2CC=CC3=C2CC=CC3)n1. The standard InChI is InChI=1S/C14H16N2O/c1-2-13-15-14(17-16-13)12-9-5-7-10-6-3-4-8-11(10)12/h3-5,7,12H,2,6,8-9H2,1H3/i1D3. The number of nitrogens with zero attached hydrogens (tertiary/aromatic N) is 2. The highest BCUT2D eigenvalue weighted by Crippen LogP contribution is 2.38. The van der Waals surface area contributed by atoms with E-state index in [1.807, 2.05) is 0 Å². The summed E-state index contributed by atoms with van der Waals surface area (Å²) in [4.78, 5) is 4.28. The number of rotatable bonds is 2. The Labute approximate surface area is 105 Å². The van der Waals surface area contributed by atoms with Crippen molar-refractivity contribution >= 4 is 0 Å². The molecular formula is C14H16N2O. The Morgan fingerprint density at radius 3 is 3.29 bits per heavy atom. The molecule has 1 unspecified atom stereocenters. The molecule has 1 aromatic heterocycles. The fourth-order valence-electron chi connectivity index (χ4n) is 2.44. The number of hydrogen-bond acceptors (Lipinski definition) is 3. The van der Waals surface area contributed by atoms with Gasteiger partial charge >= 0.3 is 0 Å². The highest BCUT2D eigenvalue weighted by molar-refractivity contribution is 5.40. The zero-order chi connectivity index (χ0) is 14.2. The van der Waals surface area contributed by atoms with Crippen LogP contribution in [0.25, 0.3) is 0 Å². The van der Waals surface area contributed by atoms with Crippen molar-refractivity contribution in [3.8, 4) is 0 Å². The Morgan fingerprint density at radius 1 is 1.41 bits per heavy atom. The average Bonchev–Trinajstić information content (AvgIpc) is 2.84. The van der Waals surface area contributed by atoms with Crippen LogP contribution in [-0.2, 0) is 6.42 Å². The summed E-state index contributed by atoms with van der Waals surface area (Å²) in [6, 6.07) is 0. The summed E-state index contributed by atoms with van der Waals surface area (Å²) < 4.78 is 27.1. The lowest BCUT2D eigenvalue weighted by atomic mass is 9.81. The van der Waals surface area contributed by atoms with E-state index in [0.29, 0.717) is 5.89 Å². The fraction of sp³-hybridized carbons (Fsp3) is 0.429. The smallest absolute Gasteiger partial charge is 0.234 e. The number of hydrogen-bond donors (Lipinski definition) is 0. The Kier molecular flexibility index (Phi) is 1.94. The van der Waals surface area contributed by atoms with Gasteiger partial charge in [-0.25, -0.2) is 0 Å². The van der Waals surface area contributed by atoms with E-state index >= 15 is 0 Å². The third-order valence-corrected chi connectivity index (χ3v) is 3.31. The maximum atomic E-state index is 7.25. The molecule has 0 amide bonds. The predicted octanol–water partition coefficient (Wildman–Crippen LogP) is 3.32. The van der Waals surface area contributed by atoms with Crippen molar-refractivity contribution < 1.29 is 8.64 Å². The second-order valence-electron chi connectivity index (χ2n) is 4.35. The zero-order valence-corrected chi connectivity index (χ0v) is 9.52. The third kappa shape index (κ3) is 1.86. The fourth-order valence-corrected chi connectivity index (χ4v) is 2.44. The van der Waals surface area contributed by atoms with Crippen molar-refractivity contribution in [2.75, 3.05) is 0 Å². The molecule has 0 saturated heterocycles. The van der Waals surface area contributed by atoms with Gasteiger partial charge in [-0.05, 0) is 24.8 Å². The summed E-state index contributed by atoms with van der Waals surface area (Å²) in [5.74, 6) is 0.900. The second-order valence-corrected chi connectivity index (χ2v) is 4.35. The van der Waals surface area contributed by atoms with Gasteiger partial charge in [0.2, 0.25) is 5.89 Å². The van der Waals surface area contributed by atoms with Gasteiger partial charge in [-0.1, -0.05) is 41.9 Å². The molecule has 3 heteroatoms. The molecule has 2 aliphatic rings. The molecule has 1 atom stereocenters. The first-order valence-electron chi connectivity index (χ1n) is 7.39. The first-order valence-corrected chi connectivity index (χ1v) is 5.89. The molecule has 1 heterocycles. The number of allylic oxidation sites excluding steroid dienone is 6. The Hall–Kier alpha value is -1.64. The zero-order valence-electron chi connectivity index (χ0n) is 12.5. The van der Waals surface area contributed by atoms with Crippen molar-refractivity contribution in [2.24, 2.45) is 0 Å². The molecule has 0 N–H and O–H groups in total. The van der Waals surface area contributed by atoms with Crippen LogP contribution in [0.1, 0.15) is 47.9 Å². The van der Waals surface area contributed by atoms with Crippen molar-refractivity contribution in [2.45, 2.75) is 38.5 Å². The maximum Gasteiger partial charge on any atom is 0.234 e. The minimum absolute atomic E-state index is 0.0952. The Balaban J connectivity index is 1.83. The van der Waals surface area contributed by atoms with Gasteiger partial charge in [-0.15, -0.1) is 0 Å². The van der Waals surface area contributed by atoms with Crippen molar-refractivity contribution in [1.82, 2.24) is 10.1 Å². The molecule has 17 heavy (non-hydrogen) atoms. The van der Waals surface area contributed by atoms with E-state index in [-0.39, 0.29) is 18.2 Å². The van der Waals surface area contributed by atoms with Crippen LogP contribution in [-0.4, -0.2) is 10.1 Å². The highest BCUT2D eigenvalue weighted by Gasteiger charge is 2.26. The maximum absolute atomic E-state index is 7.25. The van der Waals surface area contributed by atoms with Crippen LogP contribution in [0.5, 0.6) is 0 Å². The molecule has 88 valence electrons. The molecule has 0 fully saturated rings. The van der Waals surface area contributed by atoms with Gasteiger partial charge in [0.25, 0.3) is 0 Å². The summed E-state index contributed by atoms with van der Waals surface area (Å²) >= 11 is 0. The van der Waals surface area contributed by atoms with E-state index in [9.17, 15) is 0 Å². The highest BCUT2D eigenvalue weighted by atomic mass is 16.5. The molecular weight excluding hydrogens is 212 g/mol. The van der Waals surface area contributed by atoms with E-state index in [2.05, 4.69) is 34.4 Å². The largest absolute Gasteiger partial charge is 0.339 e. The molecule has 0 aliphatic heterocycles. The van der Waals surface area contributed by atoms with E-state index in [1.165, 1.54) is 11.1 Å². The molecule has 2 aliphatic carbocycles. The lowest BCUT2D eigenvalue weighted by molar-refractivity contribution is 0.358. The van der Waals surface area contributed by atoms with E-state index < -0.39 is 6.85 Å². The molecule has 0 aromatic carbocycles. The van der Waals surface area contributed by atoms with Crippen LogP contribution < -0.4 is 0 Å². The molecule has 0 bridgehead atoms. The summed E-state index contributed by atoms with van der Waals surface area (Å²) in [6.07, 6.45) is 11.1. The lowest BCUT2D eigenvalue weighted by Gasteiger charge is -2.23. The second kappa shape index (κ2) is 4.32. The molecule has 3 rings (SSSR count). The monoisotopic (exact) mass is 231 g/mol. The summed E-state index contributed by atoms with van der Waals surface area (Å²) in [5, 5.41) is 3.80. The van der Waals surface area contributed by atoms with Crippen molar-refractivity contribution in [1.29, 1.82) is 0 Å².